The van der Waals surface area contributed by atoms with Gasteiger partial charge in [0.2, 0.25) is 5.88 Å². The molecule has 0 atom stereocenters. The molecule has 0 unspecified atom stereocenters. The highest BCUT2D eigenvalue weighted by molar-refractivity contribution is 5.49. The topological polar surface area (TPSA) is 22.1 Å². The normalized spacial score (nSPS) is 11.2. The van der Waals surface area contributed by atoms with Crippen molar-refractivity contribution in [1.82, 2.24) is 4.98 Å². The first-order chi connectivity index (χ1) is 9.40. The third-order valence-corrected chi connectivity index (χ3v) is 2.42. The first-order valence-electron chi connectivity index (χ1n) is 5.54. The van der Waals surface area contributed by atoms with E-state index >= 15 is 0 Å². The minimum Gasteiger partial charge on any atom is -0.436 e. The monoisotopic (exact) mass is 283 g/mol. The van der Waals surface area contributed by atoms with Crippen LogP contribution in [0.1, 0.15) is 11.3 Å². The molecule has 0 bridgehead atoms. The Balaban J connectivity index is 2.28. The summed E-state index contributed by atoms with van der Waals surface area (Å²) < 4.78 is 56.1. The molecule has 0 saturated heterocycles. The number of alkyl halides is 3. The molecule has 0 fully saturated rings. The zero-order valence-electron chi connectivity index (χ0n) is 10.1. The smallest absolute Gasteiger partial charge is 0.433 e. The first kappa shape index (κ1) is 14.0. The Morgan fingerprint density at radius 2 is 1.90 bits per heavy atom. The van der Waals surface area contributed by atoms with Gasteiger partial charge in [0.05, 0.1) is 0 Å². The summed E-state index contributed by atoms with van der Waals surface area (Å²) in [6, 6.07) is 7.16. The van der Waals surface area contributed by atoms with Gasteiger partial charge >= 0.3 is 6.18 Å². The van der Waals surface area contributed by atoms with E-state index in [0.717, 1.165) is 18.2 Å². The van der Waals surface area contributed by atoms with Gasteiger partial charge in [-0.3, -0.25) is 0 Å². The fraction of sp³-hybridized carbons (Fsp3) is 0.0714. The molecule has 1 aromatic carbocycles. The molecule has 2 nitrogen and oxygen atoms in total. The third kappa shape index (κ3) is 3.14. The van der Waals surface area contributed by atoms with E-state index in [2.05, 4.69) is 11.6 Å². The average Bonchev–Trinajstić information content (AvgIpc) is 2.40. The largest absolute Gasteiger partial charge is 0.436 e. The molecular formula is C14H9F4NO. The number of hydrogen-bond donors (Lipinski definition) is 0. The average molecular weight is 283 g/mol. The summed E-state index contributed by atoms with van der Waals surface area (Å²) >= 11 is 0. The van der Waals surface area contributed by atoms with Crippen molar-refractivity contribution in [3.05, 3.63) is 60.1 Å². The Kier molecular flexibility index (Phi) is 3.74. The second kappa shape index (κ2) is 5.32. The van der Waals surface area contributed by atoms with Gasteiger partial charge < -0.3 is 4.74 Å². The summed E-state index contributed by atoms with van der Waals surface area (Å²) in [5.74, 6) is -1.24. The zero-order valence-corrected chi connectivity index (χ0v) is 10.1. The van der Waals surface area contributed by atoms with Crippen molar-refractivity contribution in [2.45, 2.75) is 6.18 Å². The molecular weight excluding hydrogens is 274 g/mol. The van der Waals surface area contributed by atoms with Crippen molar-refractivity contribution in [1.29, 1.82) is 0 Å². The molecule has 2 rings (SSSR count). The second-order valence-corrected chi connectivity index (χ2v) is 3.85. The molecule has 0 N–H and O–H groups in total. The van der Waals surface area contributed by atoms with Gasteiger partial charge in [0.1, 0.15) is 5.69 Å². The minimum atomic E-state index is -4.58. The van der Waals surface area contributed by atoms with Crippen LogP contribution in [0, 0.1) is 5.82 Å². The van der Waals surface area contributed by atoms with Gasteiger partial charge in [-0.15, -0.1) is 0 Å². The maximum absolute atomic E-state index is 13.6. The first-order valence-corrected chi connectivity index (χ1v) is 5.54. The second-order valence-electron chi connectivity index (χ2n) is 3.85. The van der Waals surface area contributed by atoms with Gasteiger partial charge in [0.15, 0.2) is 11.6 Å². The molecule has 104 valence electrons. The quantitative estimate of drug-likeness (QED) is 0.763. The standard InChI is InChI=1S/C14H9F4NO/c1-2-9-6-7-11(10(15)8-9)20-13-5-3-4-12(19-13)14(16,17)18/h2-8H,1H2. The number of benzene rings is 1. The number of halogens is 4. The Labute approximate surface area is 112 Å². The van der Waals surface area contributed by atoms with E-state index in [1.54, 1.807) is 0 Å². The van der Waals surface area contributed by atoms with Crippen LogP contribution < -0.4 is 4.74 Å². The van der Waals surface area contributed by atoms with Crippen LogP contribution in [-0.4, -0.2) is 4.98 Å². The summed E-state index contributed by atoms with van der Waals surface area (Å²) in [4.78, 5) is 3.29. The van der Waals surface area contributed by atoms with E-state index in [-0.39, 0.29) is 11.6 Å². The van der Waals surface area contributed by atoms with Crippen LogP contribution in [0.15, 0.2) is 43.0 Å². The summed E-state index contributed by atoms with van der Waals surface area (Å²) in [5, 5.41) is 0. The third-order valence-electron chi connectivity index (χ3n) is 2.42. The summed E-state index contributed by atoms with van der Waals surface area (Å²) in [6.45, 7) is 3.48. The van der Waals surface area contributed by atoms with E-state index in [0.29, 0.717) is 5.56 Å². The molecule has 0 amide bonds. The van der Waals surface area contributed by atoms with Crippen molar-refractivity contribution < 1.29 is 22.3 Å². The van der Waals surface area contributed by atoms with Crippen LogP contribution in [0.5, 0.6) is 11.6 Å². The molecule has 6 heteroatoms. The highest BCUT2D eigenvalue weighted by atomic mass is 19.4. The van der Waals surface area contributed by atoms with Gasteiger partial charge in [0, 0.05) is 6.07 Å². The number of hydrogen-bond acceptors (Lipinski definition) is 2. The predicted molar refractivity (Wildman–Crippen MR) is 65.8 cm³/mol. The Morgan fingerprint density at radius 3 is 2.50 bits per heavy atom. The number of aromatic nitrogens is 1. The molecule has 0 spiro atoms. The maximum Gasteiger partial charge on any atom is 0.433 e. The number of rotatable bonds is 3. The molecule has 0 aliphatic carbocycles. The lowest BCUT2D eigenvalue weighted by atomic mass is 10.2. The van der Waals surface area contributed by atoms with E-state index in [4.69, 9.17) is 4.74 Å². The van der Waals surface area contributed by atoms with Crippen LogP contribution in [0.3, 0.4) is 0 Å². The van der Waals surface area contributed by atoms with Crippen molar-refractivity contribution >= 4 is 6.08 Å². The van der Waals surface area contributed by atoms with Gasteiger partial charge in [-0.2, -0.15) is 13.2 Å². The zero-order chi connectivity index (χ0) is 14.8. The summed E-state index contributed by atoms with van der Waals surface area (Å²) in [5.41, 5.74) is -0.565. The maximum atomic E-state index is 13.6. The highest BCUT2D eigenvalue weighted by Gasteiger charge is 2.32. The van der Waals surface area contributed by atoms with Gasteiger partial charge in [0.25, 0.3) is 0 Å². The number of ether oxygens (including phenoxy) is 1. The molecule has 0 saturated carbocycles. The SMILES string of the molecule is C=Cc1ccc(Oc2cccc(C(F)(F)F)n2)c(F)c1. The minimum absolute atomic E-state index is 0.206. The molecule has 0 aliphatic heterocycles. The lowest BCUT2D eigenvalue weighted by molar-refractivity contribution is -0.141. The highest BCUT2D eigenvalue weighted by Crippen LogP contribution is 2.30. The molecule has 1 aromatic heterocycles. The molecule has 0 aliphatic rings. The van der Waals surface area contributed by atoms with Gasteiger partial charge in [-0.05, 0) is 23.8 Å². The van der Waals surface area contributed by atoms with Crippen LogP contribution in [0.25, 0.3) is 6.08 Å². The Bertz CT molecular complexity index is 637. The molecule has 2 aromatic rings. The Morgan fingerprint density at radius 1 is 1.15 bits per heavy atom. The molecule has 20 heavy (non-hydrogen) atoms. The lowest BCUT2D eigenvalue weighted by Gasteiger charge is -2.09. The van der Waals surface area contributed by atoms with Crippen molar-refractivity contribution in [3.8, 4) is 11.6 Å². The van der Waals surface area contributed by atoms with E-state index in [9.17, 15) is 17.6 Å². The van der Waals surface area contributed by atoms with Gasteiger partial charge in [-0.25, -0.2) is 9.37 Å². The van der Waals surface area contributed by atoms with E-state index < -0.39 is 17.7 Å². The van der Waals surface area contributed by atoms with Crippen molar-refractivity contribution in [2.75, 3.05) is 0 Å². The summed E-state index contributed by atoms with van der Waals surface area (Å²) in [7, 11) is 0. The van der Waals surface area contributed by atoms with Crippen LogP contribution in [-0.2, 0) is 6.18 Å². The number of pyridine rings is 1. The van der Waals surface area contributed by atoms with Crippen LogP contribution in [0.4, 0.5) is 17.6 Å². The van der Waals surface area contributed by atoms with Crippen LogP contribution >= 0.6 is 0 Å². The fourth-order valence-corrected chi connectivity index (χ4v) is 1.47. The van der Waals surface area contributed by atoms with E-state index in [1.807, 2.05) is 0 Å². The number of nitrogens with zero attached hydrogens (tertiary/aromatic N) is 1. The van der Waals surface area contributed by atoms with Gasteiger partial charge in [-0.1, -0.05) is 24.8 Å². The van der Waals surface area contributed by atoms with Crippen LogP contribution in [0.2, 0.25) is 0 Å². The van der Waals surface area contributed by atoms with Crippen molar-refractivity contribution in [3.63, 3.8) is 0 Å². The summed E-state index contributed by atoms with van der Waals surface area (Å²) in [6.07, 6.45) is -3.14. The predicted octanol–water partition coefficient (Wildman–Crippen LogP) is 4.67. The van der Waals surface area contributed by atoms with E-state index in [1.165, 1.54) is 24.3 Å². The lowest BCUT2D eigenvalue weighted by Crippen LogP contribution is -2.08. The Hall–Kier alpha value is -2.37. The molecule has 1 heterocycles. The molecule has 0 radical (unpaired) electrons. The van der Waals surface area contributed by atoms with Crippen molar-refractivity contribution in [2.24, 2.45) is 0 Å². The fourth-order valence-electron chi connectivity index (χ4n) is 1.47.